The topological polar surface area (TPSA) is 20.3 Å². The number of amides is 1. The van der Waals surface area contributed by atoms with Crippen LogP contribution in [0, 0.1) is 5.92 Å². The Bertz CT molecular complexity index is 190. The second kappa shape index (κ2) is 5.59. The van der Waals surface area contributed by atoms with E-state index in [-0.39, 0.29) is 5.91 Å². The molecule has 0 unspecified atom stereocenters. The lowest BCUT2D eigenvalue weighted by Gasteiger charge is -2.37. The average Bonchev–Trinajstić information content (AvgIpc) is 1.98. The van der Waals surface area contributed by atoms with Crippen molar-refractivity contribution in [1.29, 1.82) is 0 Å². The summed E-state index contributed by atoms with van der Waals surface area (Å²) in [7, 11) is 0. The van der Waals surface area contributed by atoms with Crippen LogP contribution < -0.4 is 0 Å². The number of carbonyl (C=O) groups excluding carboxylic acids is 1. The lowest BCUT2D eigenvalue weighted by Crippen LogP contribution is -2.45. The minimum atomic E-state index is 0.283. The lowest BCUT2D eigenvalue weighted by atomic mass is 9.91. The van der Waals surface area contributed by atoms with Crippen molar-refractivity contribution in [2.24, 2.45) is 5.92 Å². The second-order valence-corrected chi connectivity index (χ2v) is 4.84. The molecular formula is C11H20ClNO. The largest absolute Gasteiger partial charge is 0.339 e. The zero-order valence-electron chi connectivity index (χ0n) is 9.13. The van der Waals surface area contributed by atoms with Gasteiger partial charge in [0.1, 0.15) is 0 Å². The van der Waals surface area contributed by atoms with Crippen molar-refractivity contribution >= 4 is 17.5 Å². The van der Waals surface area contributed by atoms with Crippen molar-refractivity contribution < 1.29 is 4.79 Å². The van der Waals surface area contributed by atoms with Gasteiger partial charge in [-0.25, -0.2) is 0 Å². The summed E-state index contributed by atoms with van der Waals surface area (Å²) in [5, 5.41) is 0. The highest BCUT2D eigenvalue weighted by atomic mass is 35.5. The molecule has 2 nitrogen and oxygen atoms in total. The van der Waals surface area contributed by atoms with Crippen LogP contribution >= 0.6 is 11.6 Å². The minimum absolute atomic E-state index is 0.283. The van der Waals surface area contributed by atoms with Gasteiger partial charge in [0.15, 0.2) is 0 Å². The maximum absolute atomic E-state index is 11.8. The number of alkyl halides is 1. The Morgan fingerprint density at radius 1 is 1.50 bits per heavy atom. The van der Waals surface area contributed by atoms with Gasteiger partial charge in [0.25, 0.3) is 0 Å². The normalized spacial score (nSPS) is 16.9. The van der Waals surface area contributed by atoms with E-state index >= 15 is 0 Å². The summed E-state index contributed by atoms with van der Waals surface area (Å²) in [4.78, 5) is 13.8. The molecule has 0 aromatic carbocycles. The van der Waals surface area contributed by atoms with Gasteiger partial charge in [0.2, 0.25) is 5.91 Å². The molecule has 3 heteroatoms. The molecule has 1 aliphatic rings. The molecule has 0 bridgehead atoms. The van der Waals surface area contributed by atoms with Crippen molar-refractivity contribution in [3.8, 4) is 0 Å². The summed E-state index contributed by atoms with van der Waals surface area (Å²) in [5.41, 5.74) is 0. The van der Waals surface area contributed by atoms with Gasteiger partial charge in [-0.15, -0.1) is 11.6 Å². The quantitative estimate of drug-likeness (QED) is 0.649. The summed E-state index contributed by atoms with van der Waals surface area (Å²) in [6.07, 6.45) is 4.26. The first-order chi connectivity index (χ1) is 6.65. The predicted molar refractivity (Wildman–Crippen MR) is 59.5 cm³/mol. The molecule has 1 saturated carbocycles. The van der Waals surface area contributed by atoms with Crippen LogP contribution in [0.2, 0.25) is 0 Å². The van der Waals surface area contributed by atoms with Gasteiger partial charge in [-0.2, -0.15) is 0 Å². The van der Waals surface area contributed by atoms with Gasteiger partial charge in [0.05, 0.1) is 0 Å². The molecule has 0 N–H and O–H groups in total. The van der Waals surface area contributed by atoms with Crippen molar-refractivity contribution in [3.63, 3.8) is 0 Å². The van der Waals surface area contributed by atoms with E-state index in [1.807, 2.05) is 4.90 Å². The molecule has 0 aromatic heterocycles. The highest BCUT2D eigenvalue weighted by Crippen LogP contribution is 2.25. The highest BCUT2D eigenvalue weighted by molar-refractivity contribution is 6.18. The molecule has 0 aromatic rings. The zero-order chi connectivity index (χ0) is 10.6. The van der Waals surface area contributed by atoms with Crippen LogP contribution in [-0.4, -0.2) is 29.3 Å². The van der Waals surface area contributed by atoms with Gasteiger partial charge < -0.3 is 4.90 Å². The SMILES string of the molecule is CC(C)CC(=O)N(CCCl)C1CCC1. The second-order valence-electron chi connectivity index (χ2n) is 4.46. The Kier molecular flexibility index (Phi) is 4.73. The summed E-state index contributed by atoms with van der Waals surface area (Å²) in [5.74, 6) is 1.28. The summed E-state index contributed by atoms with van der Waals surface area (Å²) < 4.78 is 0. The van der Waals surface area contributed by atoms with Crippen LogP contribution in [0.5, 0.6) is 0 Å². The molecule has 0 spiro atoms. The minimum Gasteiger partial charge on any atom is -0.339 e. The number of hydrogen-bond donors (Lipinski definition) is 0. The maximum Gasteiger partial charge on any atom is 0.223 e. The van der Waals surface area contributed by atoms with Gasteiger partial charge >= 0.3 is 0 Å². The Hall–Kier alpha value is -0.240. The zero-order valence-corrected chi connectivity index (χ0v) is 9.89. The number of rotatable bonds is 5. The molecule has 1 fully saturated rings. The molecule has 0 heterocycles. The van der Waals surface area contributed by atoms with Crippen LogP contribution in [0.25, 0.3) is 0 Å². The van der Waals surface area contributed by atoms with Crippen molar-refractivity contribution in [1.82, 2.24) is 4.90 Å². The van der Waals surface area contributed by atoms with Crippen LogP contribution in [0.4, 0.5) is 0 Å². The van der Waals surface area contributed by atoms with Gasteiger partial charge in [-0.1, -0.05) is 13.8 Å². The molecular weight excluding hydrogens is 198 g/mol. The highest BCUT2D eigenvalue weighted by Gasteiger charge is 2.28. The lowest BCUT2D eigenvalue weighted by molar-refractivity contribution is -0.135. The third-order valence-corrected chi connectivity index (χ3v) is 2.91. The van der Waals surface area contributed by atoms with Crippen molar-refractivity contribution in [2.45, 2.75) is 45.6 Å². The fourth-order valence-corrected chi connectivity index (χ4v) is 1.95. The third kappa shape index (κ3) is 3.16. The molecule has 0 aliphatic heterocycles. The van der Waals surface area contributed by atoms with E-state index in [4.69, 9.17) is 11.6 Å². The van der Waals surface area contributed by atoms with E-state index in [1.165, 1.54) is 19.3 Å². The summed E-state index contributed by atoms with van der Waals surface area (Å²) in [6, 6.07) is 0.486. The van der Waals surface area contributed by atoms with Crippen molar-refractivity contribution in [2.75, 3.05) is 12.4 Å². The van der Waals surface area contributed by atoms with E-state index in [2.05, 4.69) is 13.8 Å². The van der Waals surface area contributed by atoms with Gasteiger partial charge in [-0.05, 0) is 25.2 Å². The summed E-state index contributed by atoms with van der Waals surface area (Å²) in [6.45, 7) is 4.88. The van der Waals surface area contributed by atoms with Crippen LogP contribution in [0.1, 0.15) is 39.5 Å². The average molecular weight is 218 g/mol. The number of nitrogens with zero attached hydrogens (tertiary/aromatic N) is 1. The number of hydrogen-bond acceptors (Lipinski definition) is 1. The van der Waals surface area contributed by atoms with E-state index in [0.717, 1.165) is 6.54 Å². The summed E-state index contributed by atoms with van der Waals surface area (Å²) >= 11 is 5.71. The van der Waals surface area contributed by atoms with E-state index < -0.39 is 0 Å². The van der Waals surface area contributed by atoms with Crippen LogP contribution in [-0.2, 0) is 4.79 Å². The fraction of sp³-hybridized carbons (Fsp3) is 0.909. The predicted octanol–water partition coefficient (Wildman–Crippen LogP) is 2.65. The molecule has 1 amide bonds. The fourth-order valence-electron chi connectivity index (χ4n) is 1.77. The molecule has 1 aliphatic carbocycles. The number of carbonyl (C=O) groups is 1. The first-order valence-electron chi connectivity index (χ1n) is 5.50. The van der Waals surface area contributed by atoms with E-state index in [9.17, 15) is 4.79 Å². The first-order valence-corrected chi connectivity index (χ1v) is 6.04. The Morgan fingerprint density at radius 3 is 2.50 bits per heavy atom. The molecule has 1 rings (SSSR count). The smallest absolute Gasteiger partial charge is 0.223 e. The molecule has 0 radical (unpaired) electrons. The van der Waals surface area contributed by atoms with Gasteiger partial charge in [-0.3, -0.25) is 4.79 Å². The van der Waals surface area contributed by atoms with Gasteiger partial charge in [0, 0.05) is 24.9 Å². The maximum atomic E-state index is 11.8. The number of halogens is 1. The van der Waals surface area contributed by atoms with Crippen LogP contribution in [0.3, 0.4) is 0 Å². The van der Waals surface area contributed by atoms with E-state index in [1.54, 1.807) is 0 Å². The molecule has 0 saturated heterocycles. The molecule has 82 valence electrons. The Labute approximate surface area is 91.6 Å². The molecule has 14 heavy (non-hydrogen) atoms. The standard InChI is InChI=1S/C11H20ClNO/c1-9(2)8-11(14)13(7-6-12)10-4-3-5-10/h9-10H,3-8H2,1-2H3. The van der Waals surface area contributed by atoms with E-state index in [0.29, 0.717) is 24.3 Å². The monoisotopic (exact) mass is 217 g/mol. The van der Waals surface area contributed by atoms with Crippen LogP contribution in [0.15, 0.2) is 0 Å². The molecule has 0 atom stereocenters. The Balaban J connectivity index is 2.43. The van der Waals surface area contributed by atoms with Crippen molar-refractivity contribution in [3.05, 3.63) is 0 Å². The Morgan fingerprint density at radius 2 is 2.14 bits per heavy atom. The first kappa shape index (κ1) is 11.8. The third-order valence-electron chi connectivity index (χ3n) is 2.74.